The fraction of sp³-hybridized carbons (Fsp3) is 0.341. The summed E-state index contributed by atoms with van der Waals surface area (Å²) in [5.41, 5.74) is -1.58. The standard InChI is InChI=1S/C41H41F3N2O8/c1-50-29-21-20-28(36(53-4)37(29)54-5)34(38(48)45-27-14-10-7-11-15-27)46-39(49)32(24-16-18-26(19-17-24)41(42,43)44)33(25-12-8-6-9-13-25)40(46)22-30(51-2)35(47)31(23-40)52-3/h6,8-9,12-13,16-23,27,34H,7,10-11,14-15H2,1-5H3,(H,45,48). The zero-order chi connectivity index (χ0) is 38.8. The number of alkyl halides is 3. The van der Waals surface area contributed by atoms with Crippen LogP contribution >= 0.6 is 0 Å². The number of ether oxygens (including phenoxy) is 5. The van der Waals surface area contributed by atoms with Crippen LogP contribution in [0.5, 0.6) is 17.2 Å². The number of ketones is 1. The van der Waals surface area contributed by atoms with Crippen molar-refractivity contribution in [3.8, 4) is 17.2 Å². The molecule has 0 radical (unpaired) electrons. The third-order valence-electron chi connectivity index (χ3n) is 10.1. The molecule has 3 aliphatic rings. The summed E-state index contributed by atoms with van der Waals surface area (Å²) < 4.78 is 69.7. The van der Waals surface area contributed by atoms with Gasteiger partial charge in [-0.15, -0.1) is 0 Å². The molecule has 1 heterocycles. The summed E-state index contributed by atoms with van der Waals surface area (Å²) in [5, 5.41) is 3.17. The first-order valence-corrected chi connectivity index (χ1v) is 17.4. The number of carbonyl (C=O) groups excluding carboxylic acids is 3. The van der Waals surface area contributed by atoms with Crippen LogP contribution in [0.1, 0.15) is 60.4 Å². The van der Waals surface area contributed by atoms with E-state index in [1.807, 2.05) is 0 Å². The number of nitrogens with zero attached hydrogens (tertiary/aromatic N) is 1. The molecule has 2 amide bonds. The van der Waals surface area contributed by atoms with Gasteiger partial charge in [-0.25, -0.2) is 0 Å². The van der Waals surface area contributed by atoms with E-state index in [1.165, 1.54) is 64.7 Å². The van der Waals surface area contributed by atoms with Gasteiger partial charge in [0, 0.05) is 17.2 Å². The van der Waals surface area contributed by atoms with Gasteiger partial charge in [0.25, 0.3) is 11.7 Å². The van der Waals surface area contributed by atoms with Crippen molar-refractivity contribution >= 4 is 28.7 Å². The van der Waals surface area contributed by atoms with Gasteiger partial charge in [0.2, 0.25) is 11.7 Å². The lowest BCUT2D eigenvalue weighted by Gasteiger charge is -2.43. The van der Waals surface area contributed by atoms with Crippen molar-refractivity contribution in [2.24, 2.45) is 0 Å². The van der Waals surface area contributed by atoms with Gasteiger partial charge in [0.1, 0.15) is 11.6 Å². The molecule has 54 heavy (non-hydrogen) atoms. The molecule has 0 aromatic heterocycles. The van der Waals surface area contributed by atoms with Crippen molar-refractivity contribution in [2.75, 3.05) is 35.5 Å². The Labute approximate surface area is 311 Å². The van der Waals surface area contributed by atoms with Gasteiger partial charge in [0.15, 0.2) is 23.0 Å². The first-order valence-electron chi connectivity index (χ1n) is 17.4. The average molecular weight is 747 g/mol. The Balaban J connectivity index is 1.72. The van der Waals surface area contributed by atoms with Crippen molar-refractivity contribution in [2.45, 2.75) is 55.9 Å². The number of methoxy groups -OCH3 is 5. The second-order valence-electron chi connectivity index (χ2n) is 13.1. The summed E-state index contributed by atoms with van der Waals surface area (Å²) in [4.78, 5) is 45.5. The summed E-state index contributed by atoms with van der Waals surface area (Å²) >= 11 is 0. The molecule has 3 aromatic carbocycles. The molecule has 6 rings (SSSR count). The van der Waals surface area contributed by atoms with Crippen LogP contribution in [0.15, 0.2) is 90.4 Å². The van der Waals surface area contributed by atoms with E-state index in [-0.39, 0.29) is 51.3 Å². The van der Waals surface area contributed by atoms with Gasteiger partial charge in [-0.2, -0.15) is 13.2 Å². The van der Waals surface area contributed by atoms with E-state index >= 15 is 9.59 Å². The summed E-state index contributed by atoms with van der Waals surface area (Å²) in [6.07, 6.45) is 2.54. The van der Waals surface area contributed by atoms with Crippen molar-refractivity contribution in [3.63, 3.8) is 0 Å². The quantitative estimate of drug-likeness (QED) is 0.222. The maximum Gasteiger partial charge on any atom is 0.416 e. The first-order chi connectivity index (χ1) is 25.9. The highest BCUT2D eigenvalue weighted by Crippen LogP contribution is 2.55. The summed E-state index contributed by atoms with van der Waals surface area (Å²) in [7, 11) is 6.85. The van der Waals surface area contributed by atoms with Crippen LogP contribution in [0, 0.1) is 0 Å². The molecule has 1 unspecified atom stereocenters. The monoisotopic (exact) mass is 746 g/mol. The number of hydrogen-bond donors (Lipinski definition) is 1. The highest BCUT2D eigenvalue weighted by Gasteiger charge is 2.57. The molecule has 3 aromatic rings. The van der Waals surface area contributed by atoms with Crippen molar-refractivity contribution in [1.29, 1.82) is 0 Å². The first kappa shape index (κ1) is 38.0. The van der Waals surface area contributed by atoms with Crippen LogP contribution in [0.25, 0.3) is 11.1 Å². The molecule has 1 spiro atoms. The number of rotatable bonds is 11. The fourth-order valence-corrected chi connectivity index (χ4v) is 7.67. The molecule has 13 heteroatoms. The minimum absolute atomic E-state index is 0.00223. The maximum absolute atomic E-state index is 15.5. The highest BCUT2D eigenvalue weighted by molar-refractivity contribution is 6.33. The zero-order valence-electron chi connectivity index (χ0n) is 30.5. The number of halogens is 3. The van der Waals surface area contributed by atoms with Crippen LogP contribution in [0.4, 0.5) is 13.2 Å². The largest absolute Gasteiger partial charge is 0.493 e. The Kier molecular flexibility index (Phi) is 10.8. The molecule has 2 aliphatic carbocycles. The number of nitrogens with one attached hydrogen (secondary N) is 1. The van der Waals surface area contributed by atoms with Crippen molar-refractivity contribution in [1.82, 2.24) is 10.2 Å². The second kappa shape index (κ2) is 15.3. The van der Waals surface area contributed by atoms with Crippen LogP contribution in [0.3, 0.4) is 0 Å². The Morgan fingerprint density at radius 3 is 1.91 bits per heavy atom. The lowest BCUT2D eigenvalue weighted by atomic mass is 9.78. The van der Waals surface area contributed by atoms with E-state index in [2.05, 4.69) is 5.32 Å². The lowest BCUT2D eigenvalue weighted by Crippen LogP contribution is -2.54. The molecule has 1 atom stereocenters. The van der Waals surface area contributed by atoms with Crippen LogP contribution in [-0.4, -0.2) is 69.6 Å². The molecular weight excluding hydrogens is 705 g/mol. The van der Waals surface area contributed by atoms with E-state index in [9.17, 15) is 18.0 Å². The SMILES string of the molecule is COC1=CC2(C=C(OC)C1=O)C(c1ccccc1)=C(c1ccc(C(F)(F)F)cc1)C(=O)N2C(C(=O)NC1CCCCC1)c1ccc(OC)c(OC)c1OC. The van der Waals surface area contributed by atoms with Gasteiger partial charge in [-0.1, -0.05) is 61.7 Å². The Morgan fingerprint density at radius 1 is 0.759 bits per heavy atom. The normalized spacial score (nSPS) is 17.9. The third-order valence-corrected chi connectivity index (χ3v) is 10.1. The van der Waals surface area contributed by atoms with Gasteiger partial charge in [0.05, 0.1) is 46.7 Å². The topological polar surface area (TPSA) is 113 Å². The predicted octanol–water partition coefficient (Wildman–Crippen LogP) is 7.06. The molecule has 1 fully saturated rings. The van der Waals surface area contributed by atoms with Crippen molar-refractivity contribution in [3.05, 3.63) is 113 Å². The predicted molar refractivity (Wildman–Crippen MR) is 193 cm³/mol. The molecule has 1 N–H and O–H groups in total. The number of Topliss-reactive ketones (excluding diaryl/α,β-unsaturated/α-hetero) is 1. The van der Waals surface area contributed by atoms with E-state index in [0.29, 0.717) is 11.3 Å². The molecule has 0 bridgehead atoms. The average Bonchev–Trinajstić information content (AvgIpc) is 3.42. The van der Waals surface area contributed by atoms with Gasteiger partial charge in [-0.05, 0) is 60.4 Å². The number of amides is 2. The molecular formula is C41H41F3N2O8. The number of hydrogen-bond acceptors (Lipinski definition) is 8. The molecule has 284 valence electrons. The highest BCUT2D eigenvalue weighted by atomic mass is 19.4. The molecule has 10 nitrogen and oxygen atoms in total. The smallest absolute Gasteiger partial charge is 0.416 e. The lowest BCUT2D eigenvalue weighted by molar-refractivity contribution is -0.139. The van der Waals surface area contributed by atoms with Crippen LogP contribution < -0.4 is 19.5 Å². The van der Waals surface area contributed by atoms with Crippen LogP contribution in [-0.2, 0) is 30.0 Å². The zero-order valence-corrected chi connectivity index (χ0v) is 30.5. The fourth-order valence-electron chi connectivity index (χ4n) is 7.67. The van der Waals surface area contributed by atoms with Gasteiger partial charge >= 0.3 is 6.18 Å². The number of benzene rings is 3. The minimum atomic E-state index is -4.63. The second-order valence-corrected chi connectivity index (χ2v) is 13.1. The number of carbonyl (C=O) groups is 3. The Morgan fingerprint density at radius 2 is 1.37 bits per heavy atom. The Hall–Kier alpha value is -5.72. The van der Waals surface area contributed by atoms with E-state index in [4.69, 9.17) is 23.7 Å². The van der Waals surface area contributed by atoms with Crippen LogP contribution in [0.2, 0.25) is 0 Å². The summed E-state index contributed by atoms with van der Waals surface area (Å²) in [6, 6.07) is 14.5. The van der Waals surface area contributed by atoms with E-state index in [1.54, 1.807) is 42.5 Å². The molecule has 1 aliphatic heterocycles. The van der Waals surface area contributed by atoms with Gasteiger partial charge < -0.3 is 33.9 Å². The van der Waals surface area contributed by atoms with E-state index < -0.39 is 40.9 Å². The van der Waals surface area contributed by atoms with Crippen molar-refractivity contribution < 1.29 is 51.2 Å². The Bertz CT molecular complexity index is 1990. The summed E-state index contributed by atoms with van der Waals surface area (Å²) in [5.74, 6) is -1.69. The third kappa shape index (κ3) is 6.67. The molecule has 1 saturated carbocycles. The minimum Gasteiger partial charge on any atom is -0.493 e. The maximum atomic E-state index is 15.5. The summed E-state index contributed by atoms with van der Waals surface area (Å²) in [6.45, 7) is 0. The molecule has 0 saturated heterocycles. The van der Waals surface area contributed by atoms with E-state index in [0.717, 1.165) is 44.2 Å². The van der Waals surface area contributed by atoms with Gasteiger partial charge in [-0.3, -0.25) is 14.4 Å².